The van der Waals surface area contributed by atoms with Gasteiger partial charge in [-0.3, -0.25) is 18.9 Å². The van der Waals surface area contributed by atoms with Crippen molar-refractivity contribution < 1.29 is 18.3 Å². The van der Waals surface area contributed by atoms with Crippen molar-refractivity contribution in [2.75, 3.05) is 24.2 Å². The standard InChI is InChI=1S/C28H41ClFN5O3S/c1-3-18(4-2)26(19-7-9-20(29)10-8-19)27(31)28(36)34-25-16-32-15-24(30)23(25)12-11-22-14-33-21-6-5-13-39(37,38)35(22)17-21/h7-10,15-16,18,21-22,26-27,33,37-38H,3-6,11-14,17,31H2,1-2H3,(H,34,36)/t21?,22?,26-,27-/m1/s1. The van der Waals surface area contributed by atoms with Crippen molar-refractivity contribution in [3.63, 3.8) is 0 Å². The van der Waals surface area contributed by atoms with E-state index in [1.165, 1.54) is 6.20 Å². The summed E-state index contributed by atoms with van der Waals surface area (Å²) in [4.78, 5) is 17.4. The Morgan fingerprint density at radius 2 is 2.00 bits per heavy atom. The highest BCUT2D eigenvalue weighted by molar-refractivity contribution is 8.22. The van der Waals surface area contributed by atoms with Crippen LogP contribution in [-0.4, -0.2) is 61.3 Å². The van der Waals surface area contributed by atoms with Gasteiger partial charge in [-0.05, 0) is 49.3 Å². The maximum atomic E-state index is 15.0. The monoisotopic (exact) mass is 581 g/mol. The molecule has 2 bridgehead atoms. The molecule has 1 amide bonds. The van der Waals surface area contributed by atoms with E-state index in [2.05, 4.69) is 29.5 Å². The second kappa shape index (κ2) is 13.2. The lowest BCUT2D eigenvalue weighted by Gasteiger charge is -2.49. The van der Waals surface area contributed by atoms with Crippen LogP contribution >= 0.6 is 22.4 Å². The molecule has 0 aliphatic carbocycles. The molecule has 2 aromatic rings. The molecule has 6 N–H and O–H groups in total. The number of halogens is 2. The third kappa shape index (κ3) is 7.11. The van der Waals surface area contributed by atoms with Crippen LogP contribution in [0.5, 0.6) is 0 Å². The van der Waals surface area contributed by atoms with Gasteiger partial charge in [-0.2, -0.15) is 0 Å². The van der Waals surface area contributed by atoms with E-state index in [-0.39, 0.29) is 23.9 Å². The largest absolute Gasteiger partial charge is 0.323 e. The lowest BCUT2D eigenvalue weighted by Crippen LogP contribution is -2.55. The molecule has 2 aliphatic rings. The molecule has 39 heavy (non-hydrogen) atoms. The van der Waals surface area contributed by atoms with E-state index in [0.29, 0.717) is 48.0 Å². The maximum Gasteiger partial charge on any atom is 0.241 e. The van der Waals surface area contributed by atoms with Crippen LogP contribution in [0.3, 0.4) is 0 Å². The molecule has 1 aromatic heterocycles. The van der Waals surface area contributed by atoms with Gasteiger partial charge in [-0.15, -0.1) is 10.8 Å². The SMILES string of the molecule is CCC(CC)[C@H](c1ccc(Cl)cc1)[C@@H](N)C(=O)Nc1cncc(F)c1CCC1CNC2CCCS(O)(O)N1C2. The first-order valence-electron chi connectivity index (χ1n) is 13.8. The minimum absolute atomic E-state index is 0.160. The molecule has 3 unspecified atom stereocenters. The van der Waals surface area contributed by atoms with Crippen LogP contribution in [0.15, 0.2) is 36.7 Å². The second-order valence-corrected chi connectivity index (χ2v) is 13.3. The number of carbonyl (C=O) groups excluding carboxylic acids is 1. The van der Waals surface area contributed by atoms with E-state index in [9.17, 15) is 13.9 Å². The Balaban J connectivity index is 1.51. The molecule has 5 atom stereocenters. The number of aromatic nitrogens is 1. The third-order valence-electron chi connectivity index (χ3n) is 8.29. The molecule has 2 saturated heterocycles. The number of anilines is 1. The number of nitrogens with one attached hydrogen (secondary N) is 2. The average Bonchev–Trinajstić information content (AvgIpc) is 3.03. The quantitative estimate of drug-likeness (QED) is 0.255. The van der Waals surface area contributed by atoms with Crippen LogP contribution < -0.4 is 16.4 Å². The Morgan fingerprint density at radius 1 is 1.28 bits per heavy atom. The Labute approximate surface area is 237 Å². The number of fused-ring (bicyclic) bond motifs is 2. The number of pyridine rings is 1. The first kappa shape index (κ1) is 30.2. The van der Waals surface area contributed by atoms with Gasteiger partial charge in [0.1, 0.15) is 5.82 Å². The van der Waals surface area contributed by atoms with E-state index in [1.54, 1.807) is 16.4 Å². The van der Waals surface area contributed by atoms with Crippen molar-refractivity contribution in [1.29, 1.82) is 0 Å². The van der Waals surface area contributed by atoms with Crippen molar-refractivity contribution in [2.24, 2.45) is 11.7 Å². The molecule has 2 aliphatic heterocycles. The summed E-state index contributed by atoms with van der Waals surface area (Å²) >= 11 is 6.10. The van der Waals surface area contributed by atoms with Crippen LogP contribution in [0.25, 0.3) is 0 Å². The van der Waals surface area contributed by atoms with Gasteiger partial charge in [0.2, 0.25) is 5.91 Å². The zero-order valence-corrected chi connectivity index (χ0v) is 24.2. The summed E-state index contributed by atoms with van der Waals surface area (Å²) in [5.41, 5.74) is 8.15. The normalized spacial score (nSPS) is 25.0. The van der Waals surface area contributed by atoms with E-state index >= 15 is 4.39 Å². The molecular formula is C28H41ClFN5O3S. The molecule has 11 heteroatoms. The number of hydrogen-bond acceptors (Lipinski definition) is 7. The summed E-state index contributed by atoms with van der Waals surface area (Å²) in [5.74, 6) is -0.626. The number of rotatable bonds is 10. The fourth-order valence-electron chi connectivity index (χ4n) is 6.04. The van der Waals surface area contributed by atoms with Crippen molar-refractivity contribution in [3.8, 4) is 0 Å². The van der Waals surface area contributed by atoms with Gasteiger partial charge in [0, 0.05) is 41.7 Å². The van der Waals surface area contributed by atoms with Crippen molar-refractivity contribution in [3.05, 3.63) is 58.6 Å². The number of nitrogens with zero attached hydrogens (tertiary/aromatic N) is 2. The van der Waals surface area contributed by atoms with E-state index in [1.807, 2.05) is 12.1 Å². The van der Waals surface area contributed by atoms with E-state index in [4.69, 9.17) is 17.3 Å². The average molecular weight is 582 g/mol. The van der Waals surface area contributed by atoms with Gasteiger partial charge in [-0.1, -0.05) is 50.4 Å². The molecule has 4 rings (SSSR count). The van der Waals surface area contributed by atoms with Crippen molar-refractivity contribution in [2.45, 2.75) is 76.4 Å². The van der Waals surface area contributed by atoms with Crippen LogP contribution in [0.2, 0.25) is 5.02 Å². The van der Waals surface area contributed by atoms with E-state index in [0.717, 1.165) is 37.4 Å². The second-order valence-electron chi connectivity index (χ2n) is 10.7. The first-order valence-corrected chi connectivity index (χ1v) is 15.9. The van der Waals surface area contributed by atoms with E-state index < -0.39 is 28.5 Å². The number of carbonyl (C=O) groups is 1. The molecule has 2 fully saturated rings. The highest BCUT2D eigenvalue weighted by Gasteiger charge is 2.38. The van der Waals surface area contributed by atoms with Crippen molar-refractivity contribution in [1.82, 2.24) is 14.6 Å². The number of piperazine rings is 1. The molecule has 8 nitrogen and oxygen atoms in total. The number of hydrogen-bond donors (Lipinski definition) is 5. The van der Waals surface area contributed by atoms with Gasteiger partial charge in [0.25, 0.3) is 0 Å². The predicted octanol–water partition coefficient (Wildman–Crippen LogP) is 5.39. The number of nitrogens with two attached hydrogens (primary N) is 1. The molecular weight excluding hydrogens is 541 g/mol. The van der Waals surface area contributed by atoms with Crippen LogP contribution in [0.1, 0.15) is 63.0 Å². The summed E-state index contributed by atoms with van der Waals surface area (Å²) in [5, 5.41) is 6.96. The maximum absolute atomic E-state index is 15.0. The topological polar surface area (TPSA) is 124 Å². The highest BCUT2D eigenvalue weighted by atomic mass is 35.5. The molecule has 3 heterocycles. The minimum Gasteiger partial charge on any atom is -0.323 e. The zero-order chi connectivity index (χ0) is 28.2. The summed E-state index contributed by atoms with van der Waals surface area (Å²) in [7, 11) is -2.86. The van der Waals surface area contributed by atoms with Crippen molar-refractivity contribution >= 4 is 34.0 Å². The molecule has 0 radical (unpaired) electrons. The van der Waals surface area contributed by atoms with Gasteiger partial charge >= 0.3 is 0 Å². The smallest absolute Gasteiger partial charge is 0.241 e. The van der Waals surface area contributed by atoms with Gasteiger partial charge < -0.3 is 16.4 Å². The molecule has 1 aromatic carbocycles. The molecule has 216 valence electrons. The Bertz CT molecular complexity index is 1120. The number of amides is 1. The zero-order valence-electron chi connectivity index (χ0n) is 22.7. The molecule has 0 spiro atoms. The summed E-state index contributed by atoms with van der Waals surface area (Å²) in [6.45, 7) is 5.32. The fourth-order valence-corrected chi connectivity index (χ4v) is 8.03. The first-order chi connectivity index (χ1) is 18.6. The Morgan fingerprint density at radius 3 is 2.69 bits per heavy atom. The van der Waals surface area contributed by atoms with Gasteiger partial charge in [0.15, 0.2) is 0 Å². The Kier molecular flexibility index (Phi) is 10.3. The van der Waals surface area contributed by atoms with Crippen LogP contribution in [-0.2, 0) is 11.2 Å². The lowest BCUT2D eigenvalue weighted by atomic mass is 9.77. The summed E-state index contributed by atoms with van der Waals surface area (Å²) in [6, 6.07) is 6.62. The minimum atomic E-state index is -2.86. The summed E-state index contributed by atoms with van der Waals surface area (Å²) < 4.78 is 38.3. The summed E-state index contributed by atoms with van der Waals surface area (Å²) in [6.07, 6.45) is 6.75. The predicted molar refractivity (Wildman–Crippen MR) is 157 cm³/mol. The molecule has 0 saturated carbocycles. The fraction of sp³-hybridized carbons (Fsp3) is 0.571. The van der Waals surface area contributed by atoms with Gasteiger partial charge in [0.05, 0.1) is 29.9 Å². The highest BCUT2D eigenvalue weighted by Crippen LogP contribution is 2.49. The Hall–Kier alpha value is -1.79. The third-order valence-corrected chi connectivity index (χ3v) is 10.6. The van der Waals surface area contributed by atoms with Crippen LogP contribution in [0, 0.1) is 11.7 Å². The van der Waals surface area contributed by atoms with Crippen LogP contribution in [0.4, 0.5) is 10.1 Å². The lowest BCUT2D eigenvalue weighted by molar-refractivity contribution is -0.118. The number of benzene rings is 1. The van der Waals surface area contributed by atoms with Gasteiger partial charge in [-0.25, -0.2) is 8.70 Å².